The van der Waals surface area contributed by atoms with Crippen molar-refractivity contribution in [3.05, 3.63) is 53.7 Å². The minimum atomic E-state index is 0.212. The number of rotatable bonds is 4. The van der Waals surface area contributed by atoms with E-state index in [1.54, 1.807) is 0 Å². The molecule has 0 aliphatic rings. The maximum absolute atomic E-state index is 4.76. The van der Waals surface area contributed by atoms with E-state index in [-0.39, 0.29) is 4.75 Å². The summed E-state index contributed by atoms with van der Waals surface area (Å²) in [6, 6.07) is 14.8. The van der Waals surface area contributed by atoms with Gasteiger partial charge in [-0.2, -0.15) is 0 Å². The number of anilines is 1. The Balaban J connectivity index is 2.12. The van der Waals surface area contributed by atoms with Gasteiger partial charge < -0.3 is 4.90 Å². The topological polar surface area (TPSA) is 16.1 Å². The van der Waals surface area contributed by atoms with Gasteiger partial charge in [0.1, 0.15) is 5.82 Å². The molecule has 0 unspecified atom stereocenters. The summed E-state index contributed by atoms with van der Waals surface area (Å²) in [6.45, 7) is 9.65. The van der Waals surface area contributed by atoms with Crippen LogP contribution in [0, 0.1) is 6.92 Å². The van der Waals surface area contributed by atoms with Gasteiger partial charge in [-0.05, 0) is 24.6 Å². The summed E-state index contributed by atoms with van der Waals surface area (Å²) in [5.74, 6) is 1.02. The van der Waals surface area contributed by atoms with Crippen LogP contribution in [0.25, 0.3) is 0 Å². The predicted octanol–water partition coefficient (Wildman–Crippen LogP) is 4.92. The number of hydrogen-bond acceptors (Lipinski definition) is 3. The number of nitrogens with zero attached hydrogens (tertiary/aromatic N) is 2. The molecule has 0 bridgehead atoms. The van der Waals surface area contributed by atoms with E-state index < -0.39 is 0 Å². The summed E-state index contributed by atoms with van der Waals surface area (Å²) >= 11 is 1.87. The van der Waals surface area contributed by atoms with Gasteiger partial charge in [-0.1, -0.05) is 51.1 Å². The monoisotopic (exact) mass is 300 g/mol. The lowest BCUT2D eigenvalue weighted by Gasteiger charge is -2.22. The number of aryl methyl sites for hydroxylation is 1. The van der Waals surface area contributed by atoms with Crippen molar-refractivity contribution < 1.29 is 0 Å². The maximum atomic E-state index is 4.76. The number of thioether (sulfide) groups is 1. The van der Waals surface area contributed by atoms with Gasteiger partial charge in [0.15, 0.2) is 0 Å². The first-order valence-electron chi connectivity index (χ1n) is 7.27. The molecule has 3 heteroatoms. The summed E-state index contributed by atoms with van der Waals surface area (Å²) < 4.78 is 0.212. The quantitative estimate of drug-likeness (QED) is 0.746. The fourth-order valence-corrected chi connectivity index (χ4v) is 3.11. The van der Waals surface area contributed by atoms with Gasteiger partial charge in [-0.3, -0.25) is 0 Å². The third-order valence-corrected chi connectivity index (χ3v) is 4.36. The summed E-state index contributed by atoms with van der Waals surface area (Å²) in [5, 5.41) is 0. The van der Waals surface area contributed by atoms with Gasteiger partial charge in [-0.15, -0.1) is 11.8 Å². The highest BCUT2D eigenvalue weighted by atomic mass is 32.2. The molecule has 0 atom stereocenters. The molecule has 2 nitrogen and oxygen atoms in total. The molecule has 1 aromatic carbocycles. The minimum absolute atomic E-state index is 0.212. The maximum Gasteiger partial charge on any atom is 0.128 e. The van der Waals surface area contributed by atoms with Crippen molar-refractivity contribution in [3.63, 3.8) is 0 Å². The zero-order chi connectivity index (χ0) is 15.5. The van der Waals surface area contributed by atoms with Gasteiger partial charge in [-0.25, -0.2) is 4.98 Å². The van der Waals surface area contributed by atoms with Gasteiger partial charge in [0.25, 0.3) is 0 Å². The number of hydrogen-bond donors (Lipinski definition) is 0. The number of pyridine rings is 1. The molecule has 1 heterocycles. The molecule has 0 saturated carbocycles. The van der Waals surface area contributed by atoms with Gasteiger partial charge in [0, 0.05) is 23.2 Å². The summed E-state index contributed by atoms with van der Waals surface area (Å²) in [5.41, 5.74) is 2.40. The van der Waals surface area contributed by atoms with Crippen LogP contribution < -0.4 is 4.90 Å². The Bertz CT molecular complexity index is 588. The molecular weight excluding hydrogens is 276 g/mol. The molecule has 0 spiro atoms. The van der Waals surface area contributed by atoms with E-state index in [9.17, 15) is 0 Å². The first kappa shape index (κ1) is 15.9. The van der Waals surface area contributed by atoms with Crippen molar-refractivity contribution in [1.82, 2.24) is 4.98 Å². The van der Waals surface area contributed by atoms with Crippen molar-refractivity contribution in [1.29, 1.82) is 0 Å². The number of benzene rings is 1. The Hall–Kier alpha value is -1.48. The van der Waals surface area contributed by atoms with Crippen LogP contribution in [-0.2, 0) is 6.54 Å². The molecule has 1 aromatic heterocycles. The molecule has 21 heavy (non-hydrogen) atoms. The standard InChI is InChI=1S/C18H24N2S/c1-14-16(21-18(2,3)4)11-12-17(19-14)20(5)13-15-9-7-6-8-10-15/h6-12H,13H2,1-5H3. The molecule has 0 amide bonds. The van der Waals surface area contributed by atoms with Crippen LogP contribution in [0.3, 0.4) is 0 Å². The van der Waals surface area contributed by atoms with Crippen molar-refractivity contribution in [2.75, 3.05) is 11.9 Å². The fraction of sp³-hybridized carbons (Fsp3) is 0.389. The first-order chi connectivity index (χ1) is 9.85. The van der Waals surface area contributed by atoms with Crippen molar-refractivity contribution in [2.24, 2.45) is 0 Å². The van der Waals surface area contributed by atoms with Crippen molar-refractivity contribution in [3.8, 4) is 0 Å². The molecule has 2 rings (SSSR count). The van der Waals surface area contributed by atoms with E-state index >= 15 is 0 Å². The summed E-state index contributed by atoms with van der Waals surface area (Å²) in [7, 11) is 2.09. The van der Waals surface area contributed by atoms with Gasteiger partial charge in [0.05, 0.1) is 5.69 Å². The normalized spacial score (nSPS) is 11.5. The lowest BCUT2D eigenvalue weighted by molar-refractivity contribution is 0.800. The third kappa shape index (κ3) is 4.78. The molecule has 0 N–H and O–H groups in total. The van der Waals surface area contributed by atoms with Crippen LogP contribution in [0.5, 0.6) is 0 Å². The van der Waals surface area contributed by atoms with Crippen LogP contribution in [0.1, 0.15) is 32.0 Å². The fourth-order valence-electron chi connectivity index (χ4n) is 2.12. The zero-order valence-electron chi connectivity index (χ0n) is 13.6. The second kappa shape index (κ2) is 6.52. The predicted molar refractivity (Wildman–Crippen MR) is 93.1 cm³/mol. The Morgan fingerprint density at radius 1 is 1.05 bits per heavy atom. The van der Waals surface area contributed by atoms with E-state index in [4.69, 9.17) is 4.98 Å². The minimum Gasteiger partial charge on any atom is -0.355 e. The Morgan fingerprint density at radius 3 is 2.29 bits per heavy atom. The van der Waals surface area contributed by atoms with Crippen LogP contribution in [0.4, 0.5) is 5.82 Å². The second-order valence-electron chi connectivity index (χ2n) is 6.31. The van der Waals surface area contributed by atoms with Gasteiger partial charge >= 0.3 is 0 Å². The second-order valence-corrected chi connectivity index (χ2v) is 8.18. The van der Waals surface area contributed by atoms with E-state index in [1.165, 1.54) is 10.5 Å². The van der Waals surface area contributed by atoms with Crippen LogP contribution in [-0.4, -0.2) is 16.8 Å². The Labute approximate surface area is 132 Å². The van der Waals surface area contributed by atoms with Crippen molar-refractivity contribution >= 4 is 17.6 Å². The highest BCUT2D eigenvalue weighted by molar-refractivity contribution is 8.00. The molecule has 112 valence electrons. The summed E-state index contributed by atoms with van der Waals surface area (Å²) in [6.07, 6.45) is 0. The highest BCUT2D eigenvalue weighted by Crippen LogP contribution is 2.34. The Kier molecular flexibility index (Phi) is 4.94. The average Bonchev–Trinajstić information content (AvgIpc) is 2.40. The molecule has 0 aliphatic carbocycles. The van der Waals surface area contributed by atoms with Crippen LogP contribution in [0.2, 0.25) is 0 Å². The first-order valence-corrected chi connectivity index (χ1v) is 8.08. The average molecular weight is 300 g/mol. The van der Waals surface area contributed by atoms with E-state index in [0.717, 1.165) is 18.1 Å². The van der Waals surface area contributed by atoms with Crippen LogP contribution >= 0.6 is 11.8 Å². The molecule has 2 aromatic rings. The molecule has 0 saturated heterocycles. The molecular formula is C18H24N2S. The number of aromatic nitrogens is 1. The highest BCUT2D eigenvalue weighted by Gasteiger charge is 2.15. The Morgan fingerprint density at radius 2 is 1.71 bits per heavy atom. The zero-order valence-corrected chi connectivity index (χ0v) is 14.4. The lowest BCUT2D eigenvalue weighted by Crippen LogP contribution is -2.18. The van der Waals surface area contributed by atoms with E-state index in [2.05, 4.69) is 76.0 Å². The van der Waals surface area contributed by atoms with Crippen LogP contribution in [0.15, 0.2) is 47.4 Å². The van der Waals surface area contributed by atoms with Gasteiger partial charge in [0.2, 0.25) is 0 Å². The third-order valence-electron chi connectivity index (χ3n) is 3.09. The van der Waals surface area contributed by atoms with E-state index in [0.29, 0.717) is 0 Å². The molecule has 0 aliphatic heterocycles. The molecule has 0 radical (unpaired) electrons. The smallest absolute Gasteiger partial charge is 0.128 e. The SMILES string of the molecule is Cc1nc(N(C)Cc2ccccc2)ccc1SC(C)(C)C. The van der Waals surface area contributed by atoms with Crippen molar-refractivity contribution in [2.45, 2.75) is 43.9 Å². The van der Waals surface area contributed by atoms with E-state index in [1.807, 2.05) is 17.8 Å². The summed E-state index contributed by atoms with van der Waals surface area (Å²) in [4.78, 5) is 8.21. The lowest BCUT2D eigenvalue weighted by atomic mass is 10.2. The largest absolute Gasteiger partial charge is 0.355 e. The molecule has 0 fully saturated rings.